The molecule has 1 heterocycles. The molecule has 0 aromatic rings. The zero-order valence-corrected chi connectivity index (χ0v) is 11.3. The van der Waals surface area contributed by atoms with Gasteiger partial charge in [-0.25, -0.2) is 0 Å². The van der Waals surface area contributed by atoms with Gasteiger partial charge in [-0.1, -0.05) is 20.8 Å². The molecule has 2 rings (SSSR count). The average Bonchev–Trinajstić information content (AvgIpc) is 2.18. The van der Waals surface area contributed by atoms with E-state index >= 15 is 0 Å². The maximum absolute atomic E-state index is 11.6. The largest absolute Gasteiger partial charge is 0.481 e. The molecule has 0 aromatic heterocycles. The van der Waals surface area contributed by atoms with Crippen molar-refractivity contribution in [3.63, 3.8) is 0 Å². The lowest BCUT2D eigenvalue weighted by Crippen LogP contribution is -2.57. The topological polar surface area (TPSA) is 40.5 Å². The van der Waals surface area contributed by atoms with Gasteiger partial charge < -0.3 is 10.0 Å². The van der Waals surface area contributed by atoms with Gasteiger partial charge in [-0.15, -0.1) is 0 Å². The van der Waals surface area contributed by atoms with Crippen LogP contribution in [0.4, 0.5) is 0 Å². The standard InChI is InChI=1S/C14H25NO2/c1-11-4-6-14(7-5-11,12(16)17)10-15-8-13(2,3)9-15/h11H,4-10H2,1-3H3,(H,16,17). The van der Waals surface area contributed by atoms with E-state index in [1.165, 1.54) is 0 Å². The van der Waals surface area contributed by atoms with E-state index in [1.807, 2.05) is 0 Å². The summed E-state index contributed by atoms with van der Waals surface area (Å²) in [5.41, 5.74) is -0.0648. The van der Waals surface area contributed by atoms with E-state index in [0.29, 0.717) is 11.3 Å². The number of aliphatic carboxylic acids is 1. The fourth-order valence-corrected chi connectivity index (χ4v) is 3.46. The molecule has 1 aliphatic carbocycles. The van der Waals surface area contributed by atoms with Crippen LogP contribution in [-0.2, 0) is 4.79 Å². The molecular weight excluding hydrogens is 214 g/mol. The summed E-state index contributed by atoms with van der Waals surface area (Å²) in [5.74, 6) is 0.129. The van der Waals surface area contributed by atoms with Crippen LogP contribution in [0.3, 0.4) is 0 Å². The lowest BCUT2D eigenvalue weighted by atomic mass is 9.69. The zero-order valence-electron chi connectivity index (χ0n) is 11.3. The number of nitrogens with zero attached hydrogens (tertiary/aromatic N) is 1. The van der Waals surface area contributed by atoms with Crippen LogP contribution >= 0.6 is 0 Å². The number of carboxylic acids is 1. The molecule has 0 unspecified atom stereocenters. The van der Waals surface area contributed by atoms with Gasteiger partial charge in [0.2, 0.25) is 0 Å². The molecule has 2 fully saturated rings. The second-order valence-electron chi connectivity index (χ2n) is 7.08. The van der Waals surface area contributed by atoms with Gasteiger partial charge in [-0.3, -0.25) is 4.79 Å². The number of likely N-dealkylation sites (tertiary alicyclic amines) is 1. The lowest BCUT2D eigenvalue weighted by molar-refractivity contribution is -0.155. The monoisotopic (exact) mass is 239 g/mol. The number of carboxylic acid groups (broad SMARTS) is 1. The van der Waals surface area contributed by atoms with Gasteiger partial charge in [-0.05, 0) is 37.0 Å². The summed E-state index contributed by atoms with van der Waals surface area (Å²) in [6.45, 7) is 9.60. The Morgan fingerprint density at radius 3 is 2.24 bits per heavy atom. The molecule has 0 spiro atoms. The summed E-state index contributed by atoms with van der Waals surface area (Å²) >= 11 is 0. The van der Waals surface area contributed by atoms with Crippen molar-refractivity contribution in [2.24, 2.45) is 16.7 Å². The minimum absolute atomic E-state index is 0.391. The first-order chi connectivity index (χ1) is 7.83. The smallest absolute Gasteiger partial charge is 0.310 e. The Hall–Kier alpha value is -0.570. The average molecular weight is 239 g/mol. The summed E-state index contributed by atoms with van der Waals surface area (Å²) in [7, 11) is 0. The lowest BCUT2D eigenvalue weighted by Gasteiger charge is -2.50. The van der Waals surface area contributed by atoms with E-state index < -0.39 is 11.4 Å². The molecule has 0 radical (unpaired) electrons. The van der Waals surface area contributed by atoms with Crippen molar-refractivity contribution in [1.29, 1.82) is 0 Å². The van der Waals surface area contributed by atoms with E-state index in [0.717, 1.165) is 45.3 Å². The fraction of sp³-hybridized carbons (Fsp3) is 0.929. The molecule has 98 valence electrons. The molecule has 0 atom stereocenters. The third-order valence-electron chi connectivity index (χ3n) is 4.51. The van der Waals surface area contributed by atoms with E-state index in [4.69, 9.17) is 0 Å². The number of hydrogen-bond acceptors (Lipinski definition) is 2. The minimum Gasteiger partial charge on any atom is -0.481 e. The number of hydrogen-bond donors (Lipinski definition) is 1. The molecule has 0 aromatic carbocycles. The Bertz CT molecular complexity index is 295. The van der Waals surface area contributed by atoms with E-state index in [9.17, 15) is 9.90 Å². The van der Waals surface area contributed by atoms with Gasteiger partial charge in [0.05, 0.1) is 5.41 Å². The highest BCUT2D eigenvalue weighted by Crippen LogP contribution is 2.42. The molecule has 1 aliphatic heterocycles. The van der Waals surface area contributed by atoms with Crippen LogP contribution in [0.25, 0.3) is 0 Å². The quantitative estimate of drug-likeness (QED) is 0.823. The van der Waals surface area contributed by atoms with Crippen molar-refractivity contribution in [2.45, 2.75) is 46.5 Å². The Kier molecular flexibility index (Phi) is 3.23. The van der Waals surface area contributed by atoms with Crippen LogP contribution in [0.1, 0.15) is 46.5 Å². The van der Waals surface area contributed by atoms with Crippen molar-refractivity contribution in [1.82, 2.24) is 4.90 Å². The first kappa shape index (κ1) is 12.9. The zero-order chi connectivity index (χ0) is 12.7. The molecular formula is C14H25NO2. The van der Waals surface area contributed by atoms with Crippen molar-refractivity contribution in [2.75, 3.05) is 19.6 Å². The molecule has 1 saturated carbocycles. The van der Waals surface area contributed by atoms with E-state index in [-0.39, 0.29) is 0 Å². The van der Waals surface area contributed by atoms with Crippen LogP contribution in [0.2, 0.25) is 0 Å². The highest BCUT2D eigenvalue weighted by molar-refractivity contribution is 5.75. The fourth-order valence-electron chi connectivity index (χ4n) is 3.46. The normalized spacial score (nSPS) is 37.5. The van der Waals surface area contributed by atoms with Crippen molar-refractivity contribution < 1.29 is 9.90 Å². The van der Waals surface area contributed by atoms with Crippen LogP contribution in [0, 0.1) is 16.7 Å². The molecule has 2 aliphatic rings. The molecule has 0 amide bonds. The van der Waals surface area contributed by atoms with Gasteiger partial charge in [0.25, 0.3) is 0 Å². The van der Waals surface area contributed by atoms with Gasteiger partial charge >= 0.3 is 5.97 Å². The summed E-state index contributed by atoms with van der Waals surface area (Å²) in [5, 5.41) is 9.55. The van der Waals surface area contributed by atoms with Crippen molar-refractivity contribution in [3.05, 3.63) is 0 Å². The summed E-state index contributed by atoms with van der Waals surface area (Å²) in [6, 6.07) is 0. The third kappa shape index (κ3) is 2.65. The SMILES string of the molecule is CC1CCC(CN2CC(C)(C)C2)(C(=O)O)CC1. The Morgan fingerprint density at radius 1 is 1.29 bits per heavy atom. The van der Waals surface area contributed by atoms with Crippen molar-refractivity contribution in [3.8, 4) is 0 Å². The molecule has 1 N–H and O–H groups in total. The molecule has 17 heavy (non-hydrogen) atoms. The van der Waals surface area contributed by atoms with Crippen LogP contribution in [0.15, 0.2) is 0 Å². The van der Waals surface area contributed by atoms with Gasteiger partial charge in [0.15, 0.2) is 0 Å². The van der Waals surface area contributed by atoms with Gasteiger partial charge in [-0.2, -0.15) is 0 Å². The van der Waals surface area contributed by atoms with E-state index in [2.05, 4.69) is 25.7 Å². The van der Waals surface area contributed by atoms with Crippen LogP contribution < -0.4 is 0 Å². The Balaban J connectivity index is 1.96. The summed E-state index contributed by atoms with van der Waals surface area (Å²) < 4.78 is 0. The van der Waals surface area contributed by atoms with Gasteiger partial charge in [0, 0.05) is 19.6 Å². The maximum Gasteiger partial charge on any atom is 0.310 e. The second-order valence-corrected chi connectivity index (χ2v) is 7.08. The first-order valence-corrected chi connectivity index (χ1v) is 6.79. The van der Waals surface area contributed by atoms with Crippen molar-refractivity contribution >= 4 is 5.97 Å². The maximum atomic E-state index is 11.6. The molecule has 0 bridgehead atoms. The first-order valence-electron chi connectivity index (χ1n) is 6.79. The summed E-state index contributed by atoms with van der Waals surface area (Å²) in [6.07, 6.45) is 3.87. The second kappa shape index (κ2) is 4.27. The van der Waals surface area contributed by atoms with Gasteiger partial charge in [0.1, 0.15) is 0 Å². The number of rotatable bonds is 3. The predicted molar refractivity (Wildman–Crippen MR) is 67.9 cm³/mol. The highest BCUT2D eigenvalue weighted by atomic mass is 16.4. The molecule has 1 saturated heterocycles. The number of carbonyl (C=O) groups is 1. The van der Waals surface area contributed by atoms with E-state index in [1.54, 1.807) is 0 Å². The highest BCUT2D eigenvalue weighted by Gasteiger charge is 2.46. The Morgan fingerprint density at radius 2 is 1.82 bits per heavy atom. The predicted octanol–water partition coefficient (Wildman–Crippen LogP) is 2.61. The molecule has 3 nitrogen and oxygen atoms in total. The molecule has 3 heteroatoms. The van der Waals surface area contributed by atoms with Crippen LogP contribution in [0.5, 0.6) is 0 Å². The minimum atomic E-state index is -0.575. The van der Waals surface area contributed by atoms with Crippen LogP contribution in [-0.4, -0.2) is 35.6 Å². The summed E-state index contributed by atoms with van der Waals surface area (Å²) in [4.78, 5) is 13.9. The third-order valence-corrected chi connectivity index (χ3v) is 4.51. The Labute approximate surface area is 104 Å².